The first kappa shape index (κ1) is 26.7. The normalized spacial score (nSPS) is 22.6. The Morgan fingerprint density at radius 3 is 1.06 bits per heavy atom. The van der Waals surface area contributed by atoms with Gasteiger partial charge in [0.15, 0.2) is 0 Å². The van der Waals surface area contributed by atoms with Crippen molar-refractivity contribution in [3.05, 3.63) is 53.5 Å². The molecule has 0 atom stereocenters. The van der Waals surface area contributed by atoms with Crippen molar-refractivity contribution in [3.63, 3.8) is 0 Å². The minimum Gasteiger partial charge on any atom is -0.121 e. The van der Waals surface area contributed by atoms with Crippen LogP contribution in [0.5, 0.6) is 0 Å². The third-order valence-corrected chi connectivity index (χ3v) is 21.3. The van der Waals surface area contributed by atoms with Gasteiger partial charge in [-0.3, -0.25) is 0 Å². The SMILES string of the molecule is CSC1=C(SCSC2=C(SC)SC(=C3SC(C)=C(C)S3)S2)SC(=C2SC(C)=C(C)S2)S1. The number of thioether (sulfide) groups is 12. The molecule has 0 aromatic heterocycles. The maximum Gasteiger partial charge on any atom is 0.0717 e. The summed E-state index contributed by atoms with van der Waals surface area (Å²) in [5, 5.41) is 1.07. The molecule has 0 bridgehead atoms. The Morgan fingerprint density at radius 2 is 0.742 bits per heavy atom. The van der Waals surface area contributed by atoms with E-state index in [1.165, 1.54) is 53.5 Å². The molecule has 4 rings (SSSR count). The molecule has 0 saturated carbocycles. The molecule has 12 heteroatoms. The van der Waals surface area contributed by atoms with Crippen LogP contribution < -0.4 is 0 Å². The number of hydrogen-bond acceptors (Lipinski definition) is 12. The average Bonchev–Trinajstić information content (AvgIpc) is 3.50. The molecule has 31 heavy (non-hydrogen) atoms. The van der Waals surface area contributed by atoms with Crippen molar-refractivity contribution in [1.82, 2.24) is 0 Å². The molecule has 0 saturated heterocycles. The summed E-state index contributed by atoms with van der Waals surface area (Å²) in [7, 11) is 0. The van der Waals surface area contributed by atoms with Crippen LogP contribution in [0.2, 0.25) is 0 Å². The summed E-state index contributed by atoms with van der Waals surface area (Å²) < 4.78 is 11.8. The van der Waals surface area contributed by atoms with E-state index in [2.05, 4.69) is 40.2 Å². The summed E-state index contributed by atoms with van der Waals surface area (Å²) in [6.07, 6.45) is 4.41. The maximum atomic E-state index is 2.24. The van der Waals surface area contributed by atoms with Crippen LogP contribution in [0.15, 0.2) is 53.5 Å². The van der Waals surface area contributed by atoms with Gasteiger partial charge in [-0.05, 0) is 59.8 Å². The zero-order chi connectivity index (χ0) is 22.1. The lowest BCUT2D eigenvalue weighted by atomic mass is 10.6. The fourth-order valence-electron chi connectivity index (χ4n) is 2.33. The van der Waals surface area contributed by atoms with E-state index in [4.69, 9.17) is 0 Å². The minimum atomic E-state index is 1.07. The lowest BCUT2D eigenvalue weighted by Crippen LogP contribution is -1.75. The second kappa shape index (κ2) is 12.3. The molecule has 4 aliphatic rings. The third-order valence-electron chi connectivity index (χ3n) is 4.13. The van der Waals surface area contributed by atoms with Crippen molar-refractivity contribution < 1.29 is 0 Å². The molecular formula is C19H20S12. The summed E-state index contributed by atoms with van der Waals surface area (Å²) in [5.41, 5.74) is 0. The highest BCUT2D eigenvalue weighted by atomic mass is 32.3. The van der Waals surface area contributed by atoms with E-state index in [1.807, 2.05) is 141 Å². The second-order valence-electron chi connectivity index (χ2n) is 6.16. The van der Waals surface area contributed by atoms with Crippen LogP contribution in [0.25, 0.3) is 0 Å². The number of hydrogen-bond donors (Lipinski definition) is 0. The summed E-state index contributed by atoms with van der Waals surface area (Å²) in [6, 6.07) is 0. The first-order chi connectivity index (χ1) is 14.9. The van der Waals surface area contributed by atoms with Crippen molar-refractivity contribution >= 4 is 141 Å². The Balaban J connectivity index is 1.35. The van der Waals surface area contributed by atoms with Gasteiger partial charge in [-0.2, -0.15) is 0 Å². The zero-order valence-electron chi connectivity index (χ0n) is 17.6. The van der Waals surface area contributed by atoms with Crippen LogP contribution in [0.4, 0.5) is 0 Å². The fourth-order valence-corrected chi connectivity index (χ4v) is 19.4. The molecule has 0 radical (unpaired) electrons. The minimum absolute atomic E-state index is 1.07. The molecule has 0 aromatic carbocycles. The summed E-state index contributed by atoms with van der Waals surface area (Å²) >= 11 is 23.5. The smallest absolute Gasteiger partial charge is 0.0717 e. The highest BCUT2D eigenvalue weighted by Gasteiger charge is 2.30. The van der Waals surface area contributed by atoms with Gasteiger partial charge in [-0.1, -0.05) is 94.1 Å². The van der Waals surface area contributed by atoms with Crippen LogP contribution in [-0.2, 0) is 0 Å². The predicted octanol–water partition coefficient (Wildman–Crippen LogP) is 12.1. The molecule has 0 unspecified atom stereocenters. The zero-order valence-corrected chi connectivity index (χ0v) is 27.4. The molecule has 0 aliphatic carbocycles. The lowest BCUT2D eigenvalue weighted by molar-refractivity contribution is 1.57. The van der Waals surface area contributed by atoms with Crippen LogP contribution in [0, 0.1) is 0 Å². The molecule has 0 aromatic rings. The molecule has 0 nitrogen and oxygen atoms in total. The molecular weight excluding hydrogens is 613 g/mol. The van der Waals surface area contributed by atoms with Gasteiger partial charge in [-0.25, -0.2) is 0 Å². The van der Waals surface area contributed by atoms with Gasteiger partial charge >= 0.3 is 0 Å². The van der Waals surface area contributed by atoms with Gasteiger partial charge in [0, 0.05) is 5.08 Å². The molecule has 0 spiro atoms. The Morgan fingerprint density at radius 1 is 0.452 bits per heavy atom. The molecule has 4 aliphatic heterocycles. The fraction of sp³-hybridized carbons (Fsp3) is 0.368. The standard InChI is InChI=1S/C19H20S12/c1-8-9(2)25-16(24-8)18-28-12(20-5)14(30-18)22-7-23-15-13(21-6)29-19(31-15)17-26-10(3)11(4)27-17/h7H2,1-6H3. The summed E-state index contributed by atoms with van der Waals surface area (Å²) in [6.45, 7) is 8.94. The van der Waals surface area contributed by atoms with Gasteiger partial charge in [0.2, 0.25) is 0 Å². The van der Waals surface area contributed by atoms with E-state index in [9.17, 15) is 0 Å². The Bertz CT molecular complexity index is 868. The largest absolute Gasteiger partial charge is 0.121 e. The first-order valence-corrected chi connectivity index (χ1v) is 19.9. The van der Waals surface area contributed by atoms with E-state index in [0.29, 0.717) is 0 Å². The van der Waals surface area contributed by atoms with E-state index in [1.54, 1.807) is 0 Å². The van der Waals surface area contributed by atoms with Crippen molar-refractivity contribution in [2.24, 2.45) is 0 Å². The molecule has 168 valence electrons. The Kier molecular flexibility index (Phi) is 10.6. The van der Waals surface area contributed by atoms with Crippen molar-refractivity contribution in [1.29, 1.82) is 0 Å². The highest BCUT2D eigenvalue weighted by Crippen LogP contribution is 2.65. The molecule has 4 heterocycles. The van der Waals surface area contributed by atoms with Gasteiger partial charge < -0.3 is 0 Å². The monoisotopic (exact) mass is 632 g/mol. The topological polar surface area (TPSA) is 0 Å². The first-order valence-electron chi connectivity index (χ1n) is 8.98. The average molecular weight is 633 g/mol. The van der Waals surface area contributed by atoms with Crippen LogP contribution in [0.3, 0.4) is 0 Å². The lowest BCUT2D eigenvalue weighted by Gasteiger charge is -2.05. The Hall–Kier alpha value is 2.64. The molecule has 0 fully saturated rings. The van der Waals surface area contributed by atoms with Crippen molar-refractivity contribution in [2.45, 2.75) is 27.7 Å². The number of allylic oxidation sites excluding steroid dienone is 4. The van der Waals surface area contributed by atoms with Crippen LogP contribution in [-0.4, -0.2) is 17.6 Å². The summed E-state index contributed by atoms with van der Waals surface area (Å²) in [4.78, 5) is 5.81. The molecule has 0 amide bonds. The van der Waals surface area contributed by atoms with Crippen molar-refractivity contribution in [2.75, 3.05) is 17.6 Å². The Labute approximate surface area is 237 Å². The quantitative estimate of drug-likeness (QED) is 0.256. The highest BCUT2D eigenvalue weighted by molar-refractivity contribution is 8.45. The van der Waals surface area contributed by atoms with E-state index in [-0.39, 0.29) is 0 Å². The second-order valence-corrected chi connectivity index (χ2v) is 21.2. The van der Waals surface area contributed by atoms with Gasteiger partial charge in [0.25, 0.3) is 0 Å². The number of rotatable bonds is 6. The van der Waals surface area contributed by atoms with E-state index >= 15 is 0 Å². The van der Waals surface area contributed by atoms with Gasteiger partial charge in [0.05, 0.1) is 33.9 Å². The maximum absolute atomic E-state index is 2.24. The van der Waals surface area contributed by atoms with Crippen LogP contribution in [0.1, 0.15) is 27.7 Å². The third kappa shape index (κ3) is 6.50. The van der Waals surface area contributed by atoms with E-state index in [0.717, 1.165) is 5.08 Å². The van der Waals surface area contributed by atoms with Crippen LogP contribution >= 0.6 is 141 Å². The predicted molar refractivity (Wildman–Crippen MR) is 173 cm³/mol. The van der Waals surface area contributed by atoms with E-state index < -0.39 is 0 Å². The van der Waals surface area contributed by atoms with Gasteiger partial charge in [0.1, 0.15) is 0 Å². The summed E-state index contributed by atoms with van der Waals surface area (Å²) in [5.74, 6) is 0. The molecule has 0 N–H and O–H groups in total. The van der Waals surface area contributed by atoms with Crippen molar-refractivity contribution in [3.8, 4) is 0 Å². The van der Waals surface area contributed by atoms with Gasteiger partial charge in [-0.15, -0.1) is 47.0 Å².